The van der Waals surface area contributed by atoms with Gasteiger partial charge < -0.3 is 35.3 Å². The van der Waals surface area contributed by atoms with Gasteiger partial charge >= 0.3 is 13.7 Å². The smallest absolute Gasteiger partial charge is 0.459 e. The molecule has 15 nitrogen and oxygen atoms in total. The van der Waals surface area contributed by atoms with E-state index in [4.69, 9.17) is 24.3 Å². The van der Waals surface area contributed by atoms with E-state index in [0.717, 1.165) is 32.4 Å². The Morgan fingerprint density at radius 1 is 1.27 bits per heavy atom. The highest BCUT2D eigenvalue weighted by atomic mass is 31.2. The number of para-hydroxylation sites is 1. The molecule has 2 saturated heterocycles. The summed E-state index contributed by atoms with van der Waals surface area (Å²) in [5.41, 5.74) is 4.31. The largest absolute Gasteiger partial charge is 0.464 e. The molecule has 3 aromatic rings. The number of anilines is 1. The minimum absolute atomic E-state index is 0.142. The number of nitrogens with one attached hydrogen (secondary N) is 2. The van der Waals surface area contributed by atoms with Gasteiger partial charge in [0.2, 0.25) is 5.60 Å². The molecule has 0 spiro atoms. The lowest BCUT2D eigenvalue weighted by Gasteiger charge is -2.36. The molecule has 0 aliphatic carbocycles. The predicted molar refractivity (Wildman–Crippen MR) is 161 cm³/mol. The van der Waals surface area contributed by atoms with Crippen molar-refractivity contribution in [1.29, 1.82) is 5.26 Å². The molecule has 2 fully saturated rings. The standard InChI is InChI=1S/C29H38N7O8P/c1-3-28(11-13-32-14-12-28)16-41-27(39)19(2)35-45(40,44-20-7-5-4-6-8-20)42-17-29(15-30)25(38)23(37)24(43-29)21-9-10-22-26(31)33-18-34-36(21)22/h4-10,18-19,23-25,32,37-38H,3,11-14,16-17H2,1-2H3,(H,35,40)(H2,31,33,34)/t19-,23-,24-,25-,29+,45?/m0/s1. The van der Waals surface area contributed by atoms with E-state index in [1.54, 1.807) is 30.3 Å². The van der Waals surface area contributed by atoms with Gasteiger partial charge in [-0.25, -0.2) is 14.1 Å². The Kier molecular flexibility index (Phi) is 9.76. The maximum Gasteiger partial charge on any atom is 0.459 e. The Balaban J connectivity index is 1.33. The summed E-state index contributed by atoms with van der Waals surface area (Å²) in [7, 11) is -4.44. The molecule has 6 atom stereocenters. The predicted octanol–water partition coefficient (Wildman–Crippen LogP) is 1.87. The number of fused-ring (bicyclic) bond motifs is 1. The zero-order valence-corrected chi connectivity index (χ0v) is 25.9. The number of carbonyl (C=O) groups excluding carboxylic acids is 1. The van der Waals surface area contributed by atoms with Crippen LogP contribution >= 0.6 is 7.75 Å². The maximum atomic E-state index is 14.1. The molecule has 0 amide bonds. The number of hydrogen-bond donors (Lipinski definition) is 5. The molecule has 242 valence electrons. The van der Waals surface area contributed by atoms with Gasteiger partial charge in [0.1, 0.15) is 54.6 Å². The second-order valence-corrected chi connectivity index (χ2v) is 13.1. The third kappa shape index (κ3) is 6.83. The first-order valence-electron chi connectivity index (χ1n) is 14.7. The highest BCUT2D eigenvalue weighted by Crippen LogP contribution is 2.48. The second kappa shape index (κ2) is 13.4. The maximum absolute atomic E-state index is 14.1. The van der Waals surface area contributed by atoms with Crippen LogP contribution in [0.25, 0.3) is 5.52 Å². The van der Waals surface area contributed by atoms with Gasteiger partial charge in [-0.3, -0.25) is 9.32 Å². The van der Waals surface area contributed by atoms with Crippen molar-refractivity contribution in [3.8, 4) is 11.8 Å². The van der Waals surface area contributed by atoms with Gasteiger partial charge in [-0.2, -0.15) is 15.4 Å². The normalized spacial score (nSPS) is 26.5. The van der Waals surface area contributed by atoms with Crippen molar-refractivity contribution < 1.29 is 38.1 Å². The van der Waals surface area contributed by atoms with Crippen molar-refractivity contribution in [2.24, 2.45) is 5.41 Å². The molecular formula is C29H38N7O8P. The van der Waals surface area contributed by atoms with Crippen LogP contribution in [0.3, 0.4) is 0 Å². The van der Waals surface area contributed by atoms with Crippen molar-refractivity contribution >= 4 is 25.1 Å². The van der Waals surface area contributed by atoms with E-state index in [0.29, 0.717) is 11.2 Å². The number of nitrogens with zero attached hydrogens (tertiary/aromatic N) is 4. The van der Waals surface area contributed by atoms with Crippen LogP contribution in [0, 0.1) is 16.7 Å². The van der Waals surface area contributed by atoms with Crippen molar-refractivity contribution in [2.75, 3.05) is 32.0 Å². The number of aliphatic hydroxyl groups is 2. The van der Waals surface area contributed by atoms with Crippen molar-refractivity contribution in [3.63, 3.8) is 0 Å². The molecule has 2 aliphatic rings. The number of nitrogens with two attached hydrogens (primary N) is 1. The molecule has 2 aromatic heterocycles. The van der Waals surface area contributed by atoms with Crippen molar-refractivity contribution in [3.05, 3.63) is 54.5 Å². The number of benzene rings is 1. The molecule has 5 rings (SSSR count). The number of ether oxygens (including phenoxy) is 2. The summed E-state index contributed by atoms with van der Waals surface area (Å²) in [6.07, 6.45) is -0.845. The lowest BCUT2D eigenvalue weighted by Crippen LogP contribution is -2.46. The third-order valence-electron chi connectivity index (χ3n) is 8.50. The number of aromatic nitrogens is 3. The van der Waals surface area contributed by atoms with Crippen molar-refractivity contribution in [2.45, 2.75) is 63.1 Å². The van der Waals surface area contributed by atoms with Gasteiger partial charge in [-0.05, 0) is 63.5 Å². The average molecular weight is 644 g/mol. The minimum atomic E-state index is -4.44. The molecule has 1 unspecified atom stereocenters. The van der Waals surface area contributed by atoms with Gasteiger partial charge in [0.05, 0.1) is 12.3 Å². The summed E-state index contributed by atoms with van der Waals surface area (Å²) in [5.74, 6) is -0.328. The first kappa shape index (κ1) is 32.8. The van der Waals surface area contributed by atoms with E-state index in [1.807, 2.05) is 6.07 Å². The van der Waals surface area contributed by atoms with E-state index in [9.17, 15) is 24.8 Å². The fourth-order valence-corrected chi connectivity index (χ4v) is 7.08. The summed E-state index contributed by atoms with van der Waals surface area (Å²) in [6, 6.07) is 12.0. The Hall–Kier alpha value is -3.61. The number of esters is 1. The Morgan fingerprint density at radius 3 is 2.69 bits per heavy atom. The van der Waals surface area contributed by atoms with E-state index in [1.165, 1.54) is 29.9 Å². The molecule has 45 heavy (non-hydrogen) atoms. The van der Waals surface area contributed by atoms with E-state index < -0.39 is 50.3 Å². The van der Waals surface area contributed by atoms with Crippen LogP contribution < -0.4 is 20.7 Å². The van der Waals surface area contributed by atoms with Crippen LogP contribution in [0.4, 0.5) is 5.82 Å². The van der Waals surface area contributed by atoms with E-state index in [-0.39, 0.29) is 23.6 Å². The SMILES string of the molecule is CCC1(COC(=O)[C@H](C)NP(=O)(OC[C@@]2(C#N)O[C@@H](c3ccc4c(N)ncnn34)[C@H](O)[C@@H]2O)Oc2ccccc2)CCNCC1. The molecule has 2 aliphatic heterocycles. The molecule has 0 bridgehead atoms. The lowest BCUT2D eigenvalue weighted by molar-refractivity contribution is -0.149. The molecule has 1 aromatic carbocycles. The van der Waals surface area contributed by atoms with Gasteiger partial charge in [0.25, 0.3) is 0 Å². The molecule has 4 heterocycles. The summed E-state index contributed by atoms with van der Waals surface area (Å²) in [5, 5.41) is 42.2. The quantitative estimate of drug-likeness (QED) is 0.141. The van der Waals surface area contributed by atoms with Crippen LogP contribution in [-0.4, -0.2) is 80.9 Å². The molecule has 16 heteroatoms. The molecule has 6 N–H and O–H groups in total. The zero-order chi connectivity index (χ0) is 32.2. The fourth-order valence-electron chi connectivity index (χ4n) is 5.56. The van der Waals surface area contributed by atoms with Gasteiger partial charge in [0.15, 0.2) is 5.82 Å². The summed E-state index contributed by atoms with van der Waals surface area (Å²) < 4.78 is 38.5. The first-order valence-corrected chi connectivity index (χ1v) is 16.3. The zero-order valence-electron chi connectivity index (χ0n) is 25.0. The Bertz CT molecular complexity index is 1580. The molecule has 0 radical (unpaired) electrons. The number of nitrogen functional groups attached to an aromatic ring is 1. The molecule has 0 saturated carbocycles. The van der Waals surface area contributed by atoms with Gasteiger partial charge in [-0.15, -0.1) is 0 Å². The lowest BCUT2D eigenvalue weighted by atomic mass is 9.77. The molecular weight excluding hydrogens is 605 g/mol. The van der Waals surface area contributed by atoms with Crippen LogP contribution in [0.1, 0.15) is 44.9 Å². The number of nitriles is 1. The topological polar surface area (TPSA) is 216 Å². The number of rotatable bonds is 12. The minimum Gasteiger partial charge on any atom is -0.464 e. The van der Waals surface area contributed by atoms with E-state index in [2.05, 4.69) is 27.4 Å². The summed E-state index contributed by atoms with van der Waals surface area (Å²) in [6.45, 7) is 4.59. The Labute approximate surface area is 260 Å². The van der Waals surface area contributed by atoms with E-state index >= 15 is 0 Å². The number of piperidine rings is 1. The summed E-state index contributed by atoms with van der Waals surface area (Å²) in [4.78, 5) is 17.0. The highest BCUT2D eigenvalue weighted by Gasteiger charge is 2.57. The monoisotopic (exact) mass is 643 g/mol. The van der Waals surface area contributed by atoms with Gasteiger partial charge in [0, 0.05) is 5.41 Å². The Morgan fingerprint density at radius 2 is 2.00 bits per heavy atom. The van der Waals surface area contributed by atoms with Crippen LogP contribution in [-0.2, 0) is 23.4 Å². The number of hydrogen-bond acceptors (Lipinski definition) is 13. The summed E-state index contributed by atoms with van der Waals surface area (Å²) >= 11 is 0. The average Bonchev–Trinajstić information content (AvgIpc) is 3.59. The fraction of sp³-hybridized carbons (Fsp3) is 0.517. The number of aliphatic hydroxyl groups excluding tert-OH is 2. The highest BCUT2D eigenvalue weighted by molar-refractivity contribution is 7.52. The van der Waals surface area contributed by atoms with Crippen LogP contribution in [0.15, 0.2) is 48.8 Å². The third-order valence-corrected chi connectivity index (χ3v) is 10.1. The number of carbonyl (C=O) groups is 1. The van der Waals surface area contributed by atoms with Crippen molar-refractivity contribution in [1.82, 2.24) is 25.0 Å². The van der Waals surface area contributed by atoms with Crippen LogP contribution in [0.5, 0.6) is 5.75 Å². The van der Waals surface area contributed by atoms with Crippen LogP contribution in [0.2, 0.25) is 0 Å². The second-order valence-electron chi connectivity index (χ2n) is 11.4. The van der Waals surface area contributed by atoms with Gasteiger partial charge in [-0.1, -0.05) is 25.1 Å². The first-order chi connectivity index (χ1) is 21.5.